The van der Waals surface area contributed by atoms with Crippen molar-refractivity contribution in [2.24, 2.45) is 5.41 Å². The highest BCUT2D eigenvalue weighted by molar-refractivity contribution is 5.74. The quantitative estimate of drug-likeness (QED) is 0.429. The number of unbranched alkanes of at least 4 members (excludes halogenated alkanes) is 6. The molecule has 0 aromatic rings. The SMILES string of the molecule is CCCCCCC(CCCC)(CCCCC)C(=O)O. The molecule has 19 heavy (non-hydrogen) atoms. The molecule has 1 N–H and O–H groups in total. The molecule has 0 fully saturated rings. The maximum Gasteiger partial charge on any atom is 0.309 e. The van der Waals surface area contributed by atoms with E-state index in [1.54, 1.807) is 0 Å². The van der Waals surface area contributed by atoms with E-state index in [2.05, 4.69) is 20.8 Å². The summed E-state index contributed by atoms with van der Waals surface area (Å²) in [5.74, 6) is -0.548. The fourth-order valence-electron chi connectivity index (χ4n) is 2.81. The topological polar surface area (TPSA) is 37.3 Å². The average Bonchev–Trinajstić information content (AvgIpc) is 2.40. The molecular weight excluding hydrogens is 236 g/mol. The molecule has 0 heterocycles. The van der Waals surface area contributed by atoms with Crippen LogP contribution < -0.4 is 0 Å². The zero-order valence-corrected chi connectivity index (χ0v) is 13.3. The minimum absolute atomic E-state index is 0.432. The lowest BCUT2D eigenvalue weighted by Crippen LogP contribution is -2.31. The molecule has 1 unspecified atom stereocenters. The number of carboxylic acid groups (broad SMARTS) is 1. The lowest BCUT2D eigenvalue weighted by molar-refractivity contribution is -0.150. The first-order chi connectivity index (χ1) is 9.13. The van der Waals surface area contributed by atoms with E-state index >= 15 is 0 Å². The lowest BCUT2D eigenvalue weighted by atomic mass is 9.74. The van der Waals surface area contributed by atoms with Crippen molar-refractivity contribution in [1.82, 2.24) is 0 Å². The predicted octanol–water partition coefficient (Wildman–Crippen LogP) is 5.80. The Morgan fingerprint density at radius 3 is 1.63 bits per heavy atom. The number of hydrogen-bond acceptors (Lipinski definition) is 1. The van der Waals surface area contributed by atoms with E-state index in [0.29, 0.717) is 0 Å². The maximum absolute atomic E-state index is 11.8. The molecule has 0 amide bonds. The minimum Gasteiger partial charge on any atom is -0.481 e. The summed E-state index contributed by atoms with van der Waals surface area (Å²) in [7, 11) is 0. The molecule has 0 aliphatic heterocycles. The molecule has 2 heteroatoms. The van der Waals surface area contributed by atoms with Gasteiger partial charge in [-0.2, -0.15) is 0 Å². The van der Waals surface area contributed by atoms with Gasteiger partial charge >= 0.3 is 5.97 Å². The largest absolute Gasteiger partial charge is 0.481 e. The first-order valence-electron chi connectivity index (χ1n) is 8.36. The molecule has 0 bridgehead atoms. The Kier molecular flexibility index (Phi) is 11.0. The molecule has 2 nitrogen and oxygen atoms in total. The van der Waals surface area contributed by atoms with E-state index in [1.807, 2.05) is 0 Å². The highest BCUT2D eigenvalue weighted by atomic mass is 16.4. The summed E-state index contributed by atoms with van der Waals surface area (Å²) in [5.41, 5.74) is -0.432. The van der Waals surface area contributed by atoms with Gasteiger partial charge in [0.25, 0.3) is 0 Å². The Balaban J connectivity index is 4.47. The van der Waals surface area contributed by atoms with Gasteiger partial charge in [0.05, 0.1) is 5.41 Å². The summed E-state index contributed by atoms with van der Waals surface area (Å²) in [6.07, 6.45) is 12.9. The van der Waals surface area contributed by atoms with Gasteiger partial charge < -0.3 is 5.11 Å². The second kappa shape index (κ2) is 11.3. The summed E-state index contributed by atoms with van der Waals surface area (Å²) in [4.78, 5) is 11.8. The maximum atomic E-state index is 11.8. The number of aliphatic carboxylic acids is 1. The first kappa shape index (κ1) is 18.5. The van der Waals surface area contributed by atoms with Crippen molar-refractivity contribution in [3.8, 4) is 0 Å². The molecule has 0 aliphatic carbocycles. The van der Waals surface area contributed by atoms with Gasteiger partial charge in [-0.05, 0) is 19.3 Å². The fraction of sp³-hybridized carbons (Fsp3) is 0.941. The summed E-state index contributed by atoms with van der Waals surface area (Å²) < 4.78 is 0. The molecule has 0 radical (unpaired) electrons. The number of carbonyl (C=O) groups is 1. The molecule has 1 atom stereocenters. The second-order valence-corrected chi connectivity index (χ2v) is 5.96. The van der Waals surface area contributed by atoms with Gasteiger partial charge in [-0.15, -0.1) is 0 Å². The molecule has 0 aliphatic rings. The molecule has 114 valence electrons. The zero-order chi connectivity index (χ0) is 14.6. The monoisotopic (exact) mass is 270 g/mol. The van der Waals surface area contributed by atoms with Gasteiger partial charge in [-0.25, -0.2) is 0 Å². The van der Waals surface area contributed by atoms with Crippen molar-refractivity contribution >= 4 is 5.97 Å². The van der Waals surface area contributed by atoms with Gasteiger partial charge in [0.2, 0.25) is 0 Å². The standard InChI is InChI=1S/C17H34O2/c1-4-7-10-12-15-17(16(18)19,13-9-6-3)14-11-8-5-2/h4-15H2,1-3H3,(H,18,19). The summed E-state index contributed by atoms with van der Waals surface area (Å²) in [6, 6.07) is 0. The van der Waals surface area contributed by atoms with Gasteiger partial charge in [0.1, 0.15) is 0 Å². The van der Waals surface area contributed by atoms with E-state index in [0.717, 1.165) is 51.4 Å². The Labute approximate surface area is 120 Å². The van der Waals surface area contributed by atoms with Crippen molar-refractivity contribution < 1.29 is 9.90 Å². The third-order valence-electron chi connectivity index (χ3n) is 4.23. The van der Waals surface area contributed by atoms with Gasteiger partial charge in [0, 0.05) is 0 Å². The normalized spacial score (nSPS) is 14.3. The highest BCUT2D eigenvalue weighted by Crippen LogP contribution is 2.37. The van der Waals surface area contributed by atoms with Crippen LogP contribution in [0.3, 0.4) is 0 Å². The lowest BCUT2D eigenvalue weighted by Gasteiger charge is -2.29. The summed E-state index contributed by atoms with van der Waals surface area (Å²) >= 11 is 0. The van der Waals surface area contributed by atoms with Crippen LogP contribution in [0.2, 0.25) is 0 Å². The molecule has 0 saturated carbocycles. The number of carboxylic acids is 1. The Bertz CT molecular complexity index is 225. The summed E-state index contributed by atoms with van der Waals surface area (Å²) in [5, 5.41) is 9.71. The minimum atomic E-state index is -0.548. The van der Waals surface area contributed by atoms with E-state index in [-0.39, 0.29) is 0 Å². The van der Waals surface area contributed by atoms with Crippen LogP contribution in [-0.2, 0) is 4.79 Å². The van der Waals surface area contributed by atoms with Crippen molar-refractivity contribution in [2.75, 3.05) is 0 Å². The molecule has 0 saturated heterocycles. The highest BCUT2D eigenvalue weighted by Gasteiger charge is 2.36. The zero-order valence-electron chi connectivity index (χ0n) is 13.3. The van der Waals surface area contributed by atoms with Crippen LogP contribution in [-0.4, -0.2) is 11.1 Å². The van der Waals surface area contributed by atoms with Gasteiger partial charge in [0.15, 0.2) is 0 Å². The van der Waals surface area contributed by atoms with Crippen molar-refractivity contribution in [3.63, 3.8) is 0 Å². The van der Waals surface area contributed by atoms with Crippen molar-refractivity contribution in [2.45, 2.75) is 97.8 Å². The van der Waals surface area contributed by atoms with Crippen LogP contribution in [0.4, 0.5) is 0 Å². The van der Waals surface area contributed by atoms with Crippen LogP contribution in [0, 0.1) is 5.41 Å². The fourth-order valence-corrected chi connectivity index (χ4v) is 2.81. The summed E-state index contributed by atoms with van der Waals surface area (Å²) in [6.45, 7) is 6.52. The Morgan fingerprint density at radius 1 is 0.737 bits per heavy atom. The molecule has 0 aromatic heterocycles. The van der Waals surface area contributed by atoms with Crippen LogP contribution in [0.25, 0.3) is 0 Å². The van der Waals surface area contributed by atoms with Crippen LogP contribution in [0.5, 0.6) is 0 Å². The van der Waals surface area contributed by atoms with E-state index < -0.39 is 11.4 Å². The molecule has 0 rings (SSSR count). The molecular formula is C17H34O2. The van der Waals surface area contributed by atoms with Gasteiger partial charge in [-0.3, -0.25) is 4.79 Å². The number of rotatable bonds is 13. The number of hydrogen-bond donors (Lipinski definition) is 1. The molecule has 0 aromatic carbocycles. The van der Waals surface area contributed by atoms with E-state index in [9.17, 15) is 9.90 Å². The van der Waals surface area contributed by atoms with Crippen molar-refractivity contribution in [1.29, 1.82) is 0 Å². The smallest absolute Gasteiger partial charge is 0.309 e. The van der Waals surface area contributed by atoms with Crippen LogP contribution >= 0.6 is 0 Å². The van der Waals surface area contributed by atoms with Crippen molar-refractivity contribution in [3.05, 3.63) is 0 Å². The third kappa shape index (κ3) is 7.59. The third-order valence-corrected chi connectivity index (χ3v) is 4.23. The van der Waals surface area contributed by atoms with E-state index in [1.165, 1.54) is 25.7 Å². The van der Waals surface area contributed by atoms with Crippen LogP contribution in [0.1, 0.15) is 97.8 Å². The molecule has 0 spiro atoms. The Morgan fingerprint density at radius 2 is 1.16 bits per heavy atom. The average molecular weight is 270 g/mol. The Hall–Kier alpha value is -0.530. The van der Waals surface area contributed by atoms with Gasteiger partial charge in [-0.1, -0.05) is 78.6 Å². The first-order valence-corrected chi connectivity index (χ1v) is 8.36. The second-order valence-electron chi connectivity index (χ2n) is 5.96. The predicted molar refractivity (Wildman–Crippen MR) is 82.5 cm³/mol. The van der Waals surface area contributed by atoms with E-state index in [4.69, 9.17) is 0 Å². The van der Waals surface area contributed by atoms with Crippen LogP contribution in [0.15, 0.2) is 0 Å².